The Morgan fingerprint density at radius 2 is 1.74 bits per heavy atom. The van der Waals surface area contributed by atoms with Crippen molar-refractivity contribution in [3.8, 4) is 0 Å². The molecule has 1 aliphatic rings. The zero-order chi connectivity index (χ0) is 28.8. The van der Waals surface area contributed by atoms with Gasteiger partial charge in [0.2, 0.25) is 15.8 Å². The van der Waals surface area contributed by atoms with Crippen LogP contribution in [0.3, 0.4) is 0 Å². The van der Waals surface area contributed by atoms with Gasteiger partial charge in [-0.15, -0.1) is 4.72 Å². The van der Waals surface area contributed by atoms with Crippen LogP contribution in [0.5, 0.6) is 0 Å². The highest BCUT2D eigenvalue weighted by atomic mass is 32.2. The summed E-state index contributed by atoms with van der Waals surface area (Å²) in [6.07, 6.45) is 0. The van der Waals surface area contributed by atoms with Crippen molar-refractivity contribution in [3.05, 3.63) is 63.9 Å². The van der Waals surface area contributed by atoms with E-state index in [4.69, 9.17) is 4.74 Å². The van der Waals surface area contributed by atoms with Gasteiger partial charge >= 0.3 is 5.25 Å². The number of fused-ring (bicyclic) bond motifs is 1. The zero-order valence-corrected chi connectivity index (χ0v) is 24.0. The molecule has 0 radical (unpaired) electrons. The van der Waals surface area contributed by atoms with Crippen molar-refractivity contribution in [2.24, 2.45) is 7.05 Å². The van der Waals surface area contributed by atoms with Gasteiger partial charge in [0.1, 0.15) is 4.75 Å². The summed E-state index contributed by atoms with van der Waals surface area (Å²) in [7, 11) is -3.73. The maximum Gasteiger partial charge on any atom is 0.373 e. The molecule has 0 amide bonds. The maximum atomic E-state index is 16.4. The molecule has 0 spiro atoms. The fourth-order valence-electron chi connectivity index (χ4n) is 4.32. The van der Waals surface area contributed by atoms with E-state index in [1.54, 1.807) is 34.7 Å². The fourth-order valence-corrected chi connectivity index (χ4v) is 6.56. The van der Waals surface area contributed by atoms with Crippen LogP contribution in [-0.4, -0.2) is 58.8 Å². The number of aromatic nitrogens is 2. The molecule has 0 bridgehead atoms. The van der Waals surface area contributed by atoms with E-state index in [1.807, 2.05) is 4.90 Å². The molecule has 0 saturated carbocycles. The van der Waals surface area contributed by atoms with Crippen LogP contribution >= 0.6 is 0 Å². The van der Waals surface area contributed by atoms with Gasteiger partial charge in [-0.05, 0) is 51.5 Å². The van der Waals surface area contributed by atoms with E-state index in [0.717, 1.165) is 12.1 Å². The number of anilines is 1. The van der Waals surface area contributed by atoms with Crippen LogP contribution < -0.4 is 15.2 Å². The molecule has 212 valence electrons. The Kier molecular flexibility index (Phi) is 8.12. The number of rotatable bonds is 7. The van der Waals surface area contributed by atoms with E-state index in [-0.39, 0.29) is 22.4 Å². The summed E-state index contributed by atoms with van der Waals surface area (Å²) in [5, 5.41) is -4.43. The lowest BCUT2D eigenvalue weighted by Gasteiger charge is -2.33. The molecule has 9 nitrogen and oxygen atoms in total. The number of hydrogen-bond acceptors (Lipinski definition) is 8. The molecule has 1 fully saturated rings. The Morgan fingerprint density at radius 1 is 1.13 bits per heavy atom. The summed E-state index contributed by atoms with van der Waals surface area (Å²) >= 11 is -2.11. The van der Waals surface area contributed by atoms with Crippen molar-refractivity contribution >= 4 is 38.1 Å². The number of alkyl halides is 2. The maximum absolute atomic E-state index is 16.4. The van der Waals surface area contributed by atoms with Crippen molar-refractivity contribution in [1.82, 2.24) is 14.3 Å². The van der Waals surface area contributed by atoms with Gasteiger partial charge < -0.3 is 14.2 Å². The Bertz CT molecular complexity index is 1520. The smallest absolute Gasteiger partial charge is 0.373 e. The van der Waals surface area contributed by atoms with E-state index < -0.39 is 47.7 Å². The predicted octanol–water partition coefficient (Wildman–Crippen LogP) is 3.24. The van der Waals surface area contributed by atoms with E-state index >= 15 is 8.78 Å². The first-order valence-electron chi connectivity index (χ1n) is 12.4. The average Bonchev–Trinajstić information content (AvgIpc) is 2.89. The standard InChI is InChI=1S/C26H32F2N4O5S2/c1-17-15-19(21-20(16-17)23(33)31(5)24(29-21)32-11-13-37-14-12-32)22(30-38(34)25(2,3)4)26(27,28)39(35,36)18-9-7-6-8-10-18/h6-10,15-16,22,30H,11-14H2,1-5H3. The number of ether oxygens (including phenoxy) is 1. The molecule has 1 aromatic heterocycles. The van der Waals surface area contributed by atoms with Gasteiger partial charge in [0.15, 0.2) is 6.04 Å². The van der Waals surface area contributed by atoms with Gasteiger partial charge in [0.05, 0.1) is 29.0 Å². The number of halogens is 2. The van der Waals surface area contributed by atoms with Crippen LogP contribution in [0.1, 0.15) is 37.9 Å². The average molecular weight is 583 g/mol. The molecule has 2 heterocycles. The van der Waals surface area contributed by atoms with Gasteiger partial charge in [-0.25, -0.2) is 13.4 Å². The van der Waals surface area contributed by atoms with Gasteiger partial charge in [-0.1, -0.05) is 24.3 Å². The lowest BCUT2D eigenvalue weighted by atomic mass is 10.0. The first-order chi connectivity index (χ1) is 18.2. The highest BCUT2D eigenvalue weighted by Gasteiger charge is 2.56. The molecule has 2 aromatic carbocycles. The van der Waals surface area contributed by atoms with Crippen LogP contribution in [-0.2, 0) is 33.0 Å². The van der Waals surface area contributed by atoms with Gasteiger partial charge in [-0.2, -0.15) is 8.78 Å². The Labute approximate surface area is 229 Å². The monoisotopic (exact) mass is 582 g/mol. The van der Waals surface area contributed by atoms with Crippen LogP contribution in [0.25, 0.3) is 10.9 Å². The number of nitrogens with zero attached hydrogens (tertiary/aromatic N) is 3. The first kappa shape index (κ1) is 29.4. The number of morpholine rings is 1. The minimum Gasteiger partial charge on any atom is -0.598 e. The number of hydrogen-bond donors (Lipinski definition) is 1. The van der Waals surface area contributed by atoms with Crippen molar-refractivity contribution < 1.29 is 26.5 Å². The molecular formula is C26H32F2N4O5S2. The third-order valence-electron chi connectivity index (χ3n) is 6.46. The van der Waals surface area contributed by atoms with E-state index in [0.29, 0.717) is 31.9 Å². The Hall–Kier alpha value is -2.58. The van der Waals surface area contributed by atoms with E-state index in [9.17, 15) is 17.8 Å². The second-order valence-corrected chi connectivity index (χ2v) is 14.5. The third-order valence-corrected chi connectivity index (χ3v) is 9.87. The van der Waals surface area contributed by atoms with Crippen molar-refractivity contribution in [1.29, 1.82) is 0 Å². The highest BCUT2D eigenvalue weighted by Crippen LogP contribution is 2.43. The lowest BCUT2D eigenvalue weighted by Crippen LogP contribution is -2.50. The van der Waals surface area contributed by atoms with E-state index in [2.05, 4.69) is 9.71 Å². The number of benzene rings is 2. The Morgan fingerprint density at radius 3 is 2.33 bits per heavy atom. The minimum atomic E-state index is -5.28. The molecule has 1 aliphatic heterocycles. The second-order valence-electron chi connectivity index (χ2n) is 10.4. The molecule has 2 atom stereocenters. The summed E-state index contributed by atoms with van der Waals surface area (Å²) in [5.41, 5.74) is -0.357. The SMILES string of the molecule is Cc1cc(C(N[S+]([O-])C(C)(C)C)C(F)(F)S(=O)(=O)c2ccccc2)c2nc(N3CCOCC3)n(C)c(=O)c2c1. The Balaban J connectivity index is 2.01. The summed E-state index contributed by atoms with van der Waals surface area (Å²) in [4.78, 5) is 19.3. The van der Waals surface area contributed by atoms with Crippen LogP contribution in [0.2, 0.25) is 0 Å². The lowest BCUT2D eigenvalue weighted by molar-refractivity contribution is 0.0557. The molecule has 1 N–H and O–H groups in total. The molecule has 3 aromatic rings. The van der Waals surface area contributed by atoms with Crippen LogP contribution in [0, 0.1) is 6.92 Å². The molecule has 0 aliphatic carbocycles. The number of sulfone groups is 1. The topological polar surface area (TPSA) is 117 Å². The normalized spacial score (nSPS) is 16.9. The van der Waals surface area contributed by atoms with Gasteiger partial charge in [0.25, 0.3) is 5.56 Å². The molecule has 39 heavy (non-hydrogen) atoms. The molecule has 4 rings (SSSR count). The quantitative estimate of drug-likeness (QED) is 0.422. The van der Waals surface area contributed by atoms with E-state index in [1.165, 1.54) is 34.9 Å². The van der Waals surface area contributed by atoms with Crippen molar-refractivity contribution in [2.75, 3.05) is 31.2 Å². The summed E-state index contributed by atoms with van der Waals surface area (Å²) < 4.78 is 80.7. The van der Waals surface area contributed by atoms with Crippen molar-refractivity contribution in [2.45, 2.75) is 48.6 Å². The number of nitrogens with one attached hydrogen (secondary N) is 1. The zero-order valence-electron chi connectivity index (χ0n) is 22.4. The predicted molar refractivity (Wildman–Crippen MR) is 147 cm³/mol. The van der Waals surface area contributed by atoms with Gasteiger partial charge in [-0.3, -0.25) is 9.36 Å². The molecule has 1 saturated heterocycles. The molecule has 2 unspecified atom stereocenters. The first-order valence-corrected chi connectivity index (χ1v) is 15.0. The largest absolute Gasteiger partial charge is 0.598 e. The molecular weight excluding hydrogens is 550 g/mol. The number of aryl methyl sites for hydroxylation is 1. The van der Waals surface area contributed by atoms with Crippen LogP contribution in [0.4, 0.5) is 14.7 Å². The minimum absolute atomic E-state index is 0.0470. The summed E-state index contributed by atoms with van der Waals surface area (Å²) in [6.45, 7) is 8.01. The summed E-state index contributed by atoms with van der Waals surface area (Å²) in [6, 6.07) is 6.98. The third kappa shape index (κ3) is 5.55. The second kappa shape index (κ2) is 10.8. The van der Waals surface area contributed by atoms with Gasteiger partial charge in [0, 0.05) is 37.1 Å². The molecule has 13 heteroatoms. The highest BCUT2D eigenvalue weighted by molar-refractivity contribution is 7.93. The van der Waals surface area contributed by atoms with Crippen molar-refractivity contribution in [3.63, 3.8) is 0 Å². The fraction of sp³-hybridized carbons (Fsp3) is 0.462. The summed E-state index contributed by atoms with van der Waals surface area (Å²) in [5.74, 6) is 0.242. The van der Waals surface area contributed by atoms with Crippen LogP contribution in [0.15, 0.2) is 52.2 Å².